The number of amides is 1. The minimum atomic E-state index is 0.279. The smallest absolute Gasteiger partial charge is 0.223 e. The number of nitrogens with one attached hydrogen (secondary N) is 1. The monoisotopic (exact) mass is 240 g/mol. The summed E-state index contributed by atoms with van der Waals surface area (Å²) in [6.45, 7) is 8.82. The second-order valence-corrected chi connectivity index (χ2v) is 5.10. The maximum absolute atomic E-state index is 11.8. The molecule has 0 aromatic heterocycles. The number of rotatable bonds is 7. The summed E-state index contributed by atoms with van der Waals surface area (Å²) in [6, 6.07) is 0.571. The average Bonchev–Trinajstić information content (AvgIpc) is 2.84. The van der Waals surface area contributed by atoms with Gasteiger partial charge in [0.1, 0.15) is 0 Å². The predicted molar refractivity (Wildman–Crippen MR) is 72.0 cm³/mol. The van der Waals surface area contributed by atoms with Crippen molar-refractivity contribution in [3.63, 3.8) is 0 Å². The summed E-state index contributed by atoms with van der Waals surface area (Å²) in [6.07, 6.45) is 6.12. The number of carbonyl (C=O) groups excluding carboxylic acids is 1. The summed E-state index contributed by atoms with van der Waals surface area (Å²) in [5.41, 5.74) is 0. The van der Waals surface area contributed by atoms with E-state index in [1.54, 1.807) is 0 Å². The lowest BCUT2D eigenvalue weighted by atomic mass is 10.00. The number of hydrogen-bond acceptors (Lipinski definition) is 2. The van der Waals surface area contributed by atoms with Gasteiger partial charge in [-0.1, -0.05) is 12.8 Å². The molecule has 1 N–H and O–H groups in total. The van der Waals surface area contributed by atoms with Crippen LogP contribution in [-0.4, -0.2) is 36.5 Å². The van der Waals surface area contributed by atoms with Gasteiger partial charge in [0.15, 0.2) is 0 Å². The fourth-order valence-electron chi connectivity index (χ4n) is 2.77. The third kappa shape index (κ3) is 4.66. The van der Waals surface area contributed by atoms with Crippen molar-refractivity contribution in [2.75, 3.05) is 19.6 Å². The third-order valence-electron chi connectivity index (χ3n) is 4.03. The third-order valence-corrected chi connectivity index (χ3v) is 4.03. The van der Waals surface area contributed by atoms with E-state index in [1.807, 2.05) is 18.7 Å². The Hall–Kier alpha value is -0.570. The van der Waals surface area contributed by atoms with Crippen LogP contribution in [0, 0.1) is 5.92 Å². The first kappa shape index (κ1) is 14.5. The molecule has 0 spiro atoms. The largest absolute Gasteiger partial charge is 0.343 e. The van der Waals surface area contributed by atoms with Crippen molar-refractivity contribution in [3.05, 3.63) is 0 Å². The summed E-state index contributed by atoms with van der Waals surface area (Å²) in [4.78, 5) is 13.7. The Bertz CT molecular complexity index is 220. The lowest BCUT2D eigenvalue weighted by Gasteiger charge is -2.22. The highest BCUT2D eigenvalue weighted by Crippen LogP contribution is 2.27. The van der Waals surface area contributed by atoms with Crippen molar-refractivity contribution in [3.8, 4) is 0 Å². The van der Waals surface area contributed by atoms with Crippen LogP contribution in [0.15, 0.2) is 0 Å². The van der Waals surface area contributed by atoms with Gasteiger partial charge in [-0.25, -0.2) is 0 Å². The van der Waals surface area contributed by atoms with E-state index >= 15 is 0 Å². The molecule has 17 heavy (non-hydrogen) atoms. The molecule has 3 heteroatoms. The molecule has 1 aliphatic carbocycles. The molecule has 100 valence electrons. The first-order chi connectivity index (χ1) is 8.19. The molecule has 0 heterocycles. The molecule has 1 fully saturated rings. The molecule has 1 saturated carbocycles. The zero-order valence-corrected chi connectivity index (χ0v) is 11.7. The Labute approximate surface area is 106 Å². The highest BCUT2D eigenvalue weighted by molar-refractivity contribution is 5.76. The van der Waals surface area contributed by atoms with Gasteiger partial charge < -0.3 is 10.2 Å². The van der Waals surface area contributed by atoms with Gasteiger partial charge >= 0.3 is 0 Å². The van der Waals surface area contributed by atoms with E-state index in [2.05, 4.69) is 12.2 Å². The summed E-state index contributed by atoms with van der Waals surface area (Å²) < 4.78 is 0. The van der Waals surface area contributed by atoms with Crippen molar-refractivity contribution in [2.45, 2.75) is 58.9 Å². The van der Waals surface area contributed by atoms with E-state index in [0.29, 0.717) is 12.5 Å². The molecule has 1 aliphatic rings. The van der Waals surface area contributed by atoms with Crippen LogP contribution in [-0.2, 0) is 4.79 Å². The van der Waals surface area contributed by atoms with Gasteiger partial charge in [-0.2, -0.15) is 0 Å². The van der Waals surface area contributed by atoms with Gasteiger partial charge in [0.2, 0.25) is 5.91 Å². The SMILES string of the molecule is CCN(CC)C(=O)CCNC(C)C1CCCC1. The summed E-state index contributed by atoms with van der Waals surface area (Å²) >= 11 is 0. The second-order valence-electron chi connectivity index (χ2n) is 5.10. The van der Waals surface area contributed by atoms with Gasteiger partial charge in [-0.3, -0.25) is 4.79 Å². The van der Waals surface area contributed by atoms with Crippen molar-refractivity contribution in [2.24, 2.45) is 5.92 Å². The van der Waals surface area contributed by atoms with Gasteiger partial charge in [0.25, 0.3) is 0 Å². The molecule has 1 amide bonds. The van der Waals surface area contributed by atoms with E-state index in [-0.39, 0.29) is 5.91 Å². The lowest BCUT2D eigenvalue weighted by molar-refractivity contribution is -0.130. The summed E-state index contributed by atoms with van der Waals surface area (Å²) in [7, 11) is 0. The molecular formula is C14H28N2O. The molecule has 0 saturated heterocycles. The number of nitrogens with zero attached hydrogens (tertiary/aromatic N) is 1. The highest BCUT2D eigenvalue weighted by atomic mass is 16.2. The fraction of sp³-hybridized carbons (Fsp3) is 0.929. The Morgan fingerprint density at radius 2 is 1.88 bits per heavy atom. The first-order valence-electron chi connectivity index (χ1n) is 7.20. The molecular weight excluding hydrogens is 212 g/mol. The van der Waals surface area contributed by atoms with Gasteiger partial charge in [0.05, 0.1) is 0 Å². The van der Waals surface area contributed by atoms with E-state index in [0.717, 1.165) is 25.6 Å². The van der Waals surface area contributed by atoms with Crippen LogP contribution in [0.2, 0.25) is 0 Å². The van der Waals surface area contributed by atoms with Crippen molar-refractivity contribution in [1.29, 1.82) is 0 Å². The molecule has 0 aromatic rings. The highest BCUT2D eigenvalue weighted by Gasteiger charge is 2.21. The molecule has 1 atom stereocenters. The van der Waals surface area contributed by atoms with Crippen molar-refractivity contribution >= 4 is 5.91 Å². The predicted octanol–water partition coefficient (Wildman–Crippen LogP) is 2.41. The zero-order chi connectivity index (χ0) is 12.7. The Morgan fingerprint density at radius 3 is 2.41 bits per heavy atom. The molecule has 0 aromatic carbocycles. The van der Waals surface area contributed by atoms with Crippen LogP contribution < -0.4 is 5.32 Å². The van der Waals surface area contributed by atoms with Gasteiger partial charge in [-0.05, 0) is 39.5 Å². The molecule has 0 aliphatic heterocycles. The lowest BCUT2D eigenvalue weighted by Crippen LogP contribution is -2.37. The molecule has 3 nitrogen and oxygen atoms in total. The van der Waals surface area contributed by atoms with E-state index in [9.17, 15) is 4.79 Å². The fourth-order valence-corrected chi connectivity index (χ4v) is 2.77. The van der Waals surface area contributed by atoms with E-state index in [1.165, 1.54) is 25.7 Å². The van der Waals surface area contributed by atoms with Crippen LogP contribution in [0.4, 0.5) is 0 Å². The van der Waals surface area contributed by atoms with Crippen LogP contribution in [0.3, 0.4) is 0 Å². The molecule has 0 radical (unpaired) electrons. The molecule has 1 rings (SSSR count). The topological polar surface area (TPSA) is 32.3 Å². The standard InChI is InChI=1S/C14H28N2O/c1-4-16(5-2)14(17)10-11-15-12(3)13-8-6-7-9-13/h12-13,15H,4-11H2,1-3H3. The Balaban J connectivity index is 2.15. The van der Waals surface area contributed by atoms with Gasteiger partial charge in [-0.15, -0.1) is 0 Å². The Kier molecular flexibility index (Phi) is 6.56. The second kappa shape index (κ2) is 7.70. The van der Waals surface area contributed by atoms with Gasteiger partial charge in [0, 0.05) is 32.1 Å². The minimum Gasteiger partial charge on any atom is -0.343 e. The maximum atomic E-state index is 11.8. The van der Waals surface area contributed by atoms with E-state index < -0.39 is 0 Å². The van der Waals surface area contributed by atoms with Crippen molar-refractivity contribution in [1.82, 2.24) is 10.2 Å². The van der Waals surface area contributed by atoms with Crippen molar-refractivity contribution < 1.29 is 4.79 Å². The molecule has 0 bridgehead atoms. The van der Waals surface area contributed by atoms with Crippen LogP contribution in [0.25, 0.3) is 0 Å². The summed E-state index contributed by atoms with van der Waals surface area (Å²) in [5.74, 6) is 1.11. The Morgan fingerprint density at radius 1 is 1.29 bits per heavy atom. The van der Waals surface area contributed by atoms with Crippen LogP contribution in [0.1, 0.15) is 52.9 Å². The summed E-state index contributed by atoms with van der Waals surface area (Å²) in [5, 5.41) is 3.51. The molecule has 1 unspecified atom stereocenters. The number of hydrogen-bond donors (Lipinski definition) is 1. The normalized spacial score (nSPS) is 18.3. The van der Waals surface area contributed by atoms with E-state index in [4.69, 9.17) is 0 Å². The van der Waals surface area contributed by atoms with Crippen LogP contribution >= 0.6 is 0 Å². The minimum absolute atomic E-state index is 0.279. The van der Waals surface area contributed by atoms with Crippen LogP contribution in [0.5, 0.6) is 0 Å². The average molecular weight is 240 g/mol. The quantitative estimate of drug-likeness (QED) is 0.741. The first-order valence-corrected chi connectivity index (χ1v) is 7.20. The number of carbonyl (C=O) groups is 1. The maximum Gasteiger partial charge on any atom is 0.223 e. The zero-order valence-electron chi connectivity index (χ0n) is 11.7.